The van der Waals surface area contributed by atoms with Crippen molar-refractivity contribution >= 4 is 29.3 Å². The Bertz CT molecular complexity index is 1100. The Hall–Kier alpha value is -3.60. The molecule has 1 aromatic heterocycles. The zero-order chi connectivity index (χ0) is 22.4. The molecule has 0 atom stereocenters. The molecule has 0 saturated heterocycles. The lowest BCUT2D eigenvalue weighted by molar-refractivity contribution is -0.113. The summed E-state index contributed by atoms with van der Waals surface area (Å²) in [7, 11) is 4.40. The number of nitrogens with zero attached hydrogens (tertiary/aromatic N) is 4. The number of methoxy groups -OCH3 is 3. The lowest BCUT2D eigenvalue weighted by atomic mass is 10.1. The monoisotopic (exact) mass is 443 g/mol. The molecule has 11 heteroatoms. The van der Waals surface area contributed by atoms with E-state index in [9.17, 15) is 9.59 Å². The maximum absolute atomic E-state index is 12.5. The molecule has 0 spiro atoms. The number of amides is 1. The average Bonchev–Trinajstić information content (AvgIpc) is 3.26. The standard InChI is InChI=1S/C20H21N5O5S/c1-12-5-6-13(19(27)30-4)9-15(12)21-18(26)11-31-20-22-23-24-25(20)16-10-14(28-2)7-8-17(16)29-3/h5-10H,11H2,1-4H3,(H,21,26). The van der Waals surface area contributed by atoms with Crippen LogP contribution in [0.3, 0.4) is 0 Å². The number of esters is 1. The fourth-order valence-corrected chi connectivity index (χ4v) is 3.38. The quantitative estimate of drug-likeness (QED) is 0.414. The Morgan fingerprint density at radius 1 is 1.10 bits per heavy atom. The first-order chi connectivity index (χ1) is 15.0. The molecule has 3 aromatic rings. The van der Waals surface area contributed by atoms with E-state index in [0.717, 1.165) is 17.3 Å². The number of ether oxygens (including phenoxy) is 3. The summed E-state index contributed by atoms with van der Waals surface area (Å²) in [5.74, 6) is 0.461. The molecular weight excluding hydrogens is 422 g/mol. The lowest BCUT2D eigenvalue weighted by Gasteiger charge is -2.12. The Morgan fingerprint density at radius 3 is 2.61 bits per heavy atom. The first-order valence-electron chi connectivity index (χ1n) is 9.09. The highest BCUT2D eigenvalue weighted by atomic mass is 32.2. The first kappa shape index (κ1) is 22.1. The van der Waals surface area contributed by atoms with Crippen molar-refractivity contribution in [3.63, 3.8) is 0 Å². The molecular formula is C20H21N5O5S. The number of benzene rings is 2. The minimum absolute atomic E-state index is 0.0501. The number of anilines is 1. The summed E-state index contributed by atoms with van der Waals surface area (Å²) < 4.78 is 16.8. The van der Waals surface area contributed by atoms with Gasteiger partial charge in [0.15, 0.2) is 0 Å². The van der Waals surface area contributed by atoms with Gasteiger partial charge in [0.25, 0.3) is 0 Å². The predicted molar refractivity (Wildman–Crippen MR) is 114 cm³/mol. The number of aryl methyl sites for hydroxylation is 1. The molecule has 0 unspecified atom stereocenters. The van der Waals surface area contributed by atoms with Crippen molar-refractivity contribution in [1.29, 1.82) is 0 Å². The maximum Gasteiger partial charge on any atom is 0.337 e. The van der Waals surface area contributed by atoms with E-state index in [-0.39, 0.29) is 11.7 Å². The summed E-state index contributed by atoms with van der Waals surface area (Å²) in [6, 6.07) is 10.2. The zero-order valence-electron chi connectivity index (χ0n) is 17.4. The summed E-state index contributed by atoms with van der Waals surface area (Å²) in [4.78, 5) is 24.2. The number of tetrazole rings is 1. The third-order valence-electron chi connectivity index (χ3n) is 4.32. The second kappa shape index (κ2) is 9.94. The van der Waals surface area contributed by atoms with E-state index in [1.54, 1.807) is 50.6 Å². The average molecular weight is 443 g/mol. The van der Waals surface area contributed by atoms with Crippen LogP contribution in [0.5, 0.6) is 11.5 Å². The van der Waals surface area contributed by atoms with E-state index in [1.165, 1.54) is 11.8 Å². The van der Waals surface area contributed by atoms with Gasteiger partial charge in [0, 0.05) is 11.8 Å². The van der Waals surface area contributed by atoms with Gasteiger partial charge < -0.3 is 19.5 Å². The molecule has 2 aromatic carbocycles. The van der Waals surface area contributed by atoms with Crippen molar-refractivity contribution in [2.75, 3.05) is 32.4 Å². The van der Waals surface area contributed by atoms with Crippen LogP contribution in [0.1, 0.15) is 15.9 Å². The smallest absolute Gasteiger partial charge is 0.337 e. The van der Waals surface area contributed by atoms with E-state index in [2.05, 4.69) is 20.8 Å². The normalized spacial score (nSPS) is 10.5. The van der Waals surface area contributed by atoms with Crippen molar-refractivity contribution in [3.05, 3.63) is 47.5 Å². The van der Waals surface area contributed by atoms with Crippen LogP contribution < -0.4 is 14.8 Å². The largest absolute Gasteiger partial charge is 0.497 e. The van der Waals surface area contributed by atoms with Crippen molar-refractivity contribution in [1.82, 2.24) is 20.2 Å². The van der Waals surface area contributed by atoms with Gasteiger partial charge in [-0.2, -0.15) is 4.68 Å². The fraction of sp³-hybridized carbons (Fsp3) is 0.250. The van der Waals surface area contributed by atoms with Crippen LogP contribution in [-0.4, -0.2) is 59.2 Å². The first-order valence-corrected chi connectivity index (χ1v) is 10.1. The van der Waals surface area contributed by atoms with Crippen LogP contribution in [0, 0.1) is 6.92 Å². The van der Waals surface area contributed by atoms with Crippen LogP contribution >= 0.6 is 11.8 Å². The summed E-state index contributed by atoms with van der Waals surface area (Å²) in [6.07, 6.45) is 0. The van der Waals surface area contributed by atoms with Crippen molar-refractivity contribution in [3.8, 4) is 17.2 Å². The molecule has 0 radical (unpaired) electrons. The second-order valence-corrected chi connectivity index (χ2v) is 7.21. The molecule has 1 amide bonds. The van der Waals surface area contributed by atoms with Gasteiger partial charge in [-0.05, 0) is 47.2 Å². The third kappa shape index (κ3) is 5.12. The van der Waals surface area contributed by atoms with Gasteiger partial charge >= 0.3 is 5.97 Å². The molecule has 0 aliphatic carbocycles. The van der Waals surface area contributed by atoms with Gasteiger partial charge in [0.2, 0.25) is 11.1 Å². The topological polar surface area (TPSA) is 117 Å². The van der Waals surface area contributed by atoms with Crippen LogP contribution in [0.2, 0.25) is 0 Å². The van der Waals surface area contributed by atoms with E-state index in [1.807, 2.05) is 6.92 Å². The minimum Gasteiger partial charge on any atom is -0.497 e. The van der Waals surface area contributed by atoms with E-state index in [0.29, 0.717) is 33.6 Å². The Balaban J connectivity index is 1.74. The highest BCUT2D eigenvalue weighted by Gasteiger charge is 2.17. The van der Waals surface area contributed by atoms with Crippen LogP contribution in [0.15, 0.2) is 41.6 Å². The number of hydrogen-bond acceptors (Lipinski definition) is 9. The summed E-state index contributed by atoms with van der Waals surface area (Å²) in [6.45, 7) is 1.83. The second-order valence-electron chi connectivity index (χ2n) is 6.27. The Labute approximate surface area is 182 Å². The molecule has 1 heterocycles. The van der Waals surface area contributed by atoms with Gasteiger partial charge in [-0.15, -0.1) is 5.10 Å². The third-order valence-corrected chi connectivity index (χ3v) is 5.24. The molecule has 0 bridgehead atoms. The lowest BCUT2D eigenvalue weighted by Crippen LogP contribution is -2.16. The summed E-state index contributed by atoms with van der Waals surface area (Å²) >= 11 is 1.16. The number of nitrogens with one attached hydrogen (secondary N) is 1. The number of carbonyl (C=O) groups is 2. The fourth-order valence-electron chi connectivity index (χ4n) is 2.70. The molecule has 31 heavy (non-hydrogen) atoms. The molecule has 0 fully saturated rings. The Morgan fingerprint density at radius 2 is 1.90 bits per heavy atom. The maximum atomic E-state index is 12.5. The van der Waals surface area contributed by atoms with Gasteiger partial charge in [-0.25, -0.2) is 4.79 Å². The van der Waals surface area contributed by atoms with Gasteiger partial charge in [-0.1, -0.05) is 17.8 Å². The SMILES string of the molecule is COC(=O)c1ccc(C)c(NC(=O)CSc2nnnn2-c2cc(OC)ccc2OC)c1. The van der Waals surface area contributed by atoms with E-state index in [4.69, 9.17) is 14.2 Å². The molecule has 10 nitrogen and oxygen atoms in total. The van der Waals surface area contributed by atoms with Crippen molar-refractivity contribution in [2.24, 2.45) is 0 Å². The van der Waals surface area contributed by atoms with Gasteiger partial charge in [-0.3, -0.25) is 4.79 Å². The van der Waals surface area contributed by atoms with Gasteiger partial charge in [0.05, 0.1) is 32.6 Å². The van der Waals surface area contributed by atoms with Crippen LogP contribution in [0.25, 0.3) is 5.69 Å². The number of thioether (sulfide) groups is 1. The van der Waals surface area contributed by atoms with Crippen molar-refractivity contribution in [2.45, 2.75) is 12.1 Å². The number of hydrogen-bond donors (Lipinski definition) is 1. The highest BCUT2D eigenvalue weighted by molar-refractivity contribution is 7.99. The molecule has 3 rings (SSSR count). The van der Waals surface area contributed by atoms with E-state index < -0.39 is 5.97 Å². The molecule has 162 valence electrons. The highest BCUT2D eigenvalue weighted by Crippen LogP contribution is 2.29. The number of carbonyl (C=O) groups excluding carboxylic acids is 2. The molecule has 0 saturated carbocycles. The van der Waals surface area contributed by atoms with Crippen LogP contribution in [-0.2, 0) is 9.53 Å². The predicted octanol–water partition coefficient (Wildman–Crippen LogP) is 2.51. The number of aromatic nitrogens is 4. The summed E-state index contributed by atoms with van der Waals surface area (Å²) in [5, 5.41) is 14.9. The molecule has 1 N–H and O–H groups in total. The van der Waals surface area contributed by atoms with Crippen LogP contribution in [0.4, 0.5) is 5.69 Å². The zero-order valence-corrected chi connectivity index (χ0v) is 18.2. The summed E-state index contributed by atoms with van der Waals surface area (Å²) in [5.41, 5.74) is 2.28. The molecule has 0 aliphatic rings. The van der Waals surface area contributed by atoms with Gasteiger partial charge in [0.1, 0.15) is 17.2 Å². The Kier molecular flexibility index (Phi) is 7.08. The minimum atomic E-state index is -0.476. The number of rotatable bonds is 8. The van der Waals surface area contributed by atoms with Crippen molar-refractivity contribution < 1.29 is 23.8 Å². The van der Waals surface area contributed by atoms with E-state index >= 15 is 0 Å². The molecule has 0 aliphatic heterocycles.